The zero-order chi connectivity index (χ0) is 15.6. The number of rotatable bonds is 6. The average Bonchev–Trinajstić information content (AvgIpc) is 2.24. The second kappa shape index (κ2) is 5.38. The highest BCUT2D eigenvalue weighted by atomic mass is 19.3. The van der Waals surface area contributed by atoms with Gasteiger partial charge in [0.15, 0.2) is 12.8 Å². The SMILES string of the molecule is C=C(C)C(=O)OCC(F)(F)C(F)(F)C(F)(F)C(C)F. The lowest BCUT2D eigenvalue weighted by Crippen LogP contribution is -2.59. The molecule has 112 valence electrons. The first-order valence-electron chi connectivity index (χ1n) is 4.87. The van der Waals surface area contributed by atoms with Gasteiger partial charge in [0.05, 0.1) is 0 Å². The minimum Gasteiger partial charge on any atom is -0.456 e. The van der Waals surface area contributed by atoms with E-state index in [-0.39, 0.29) is 12.5 Å². The van der Waals surface area contributed by atoms with E-state index in [2.05, 4.69) is 11.3 Å². The molecule has 1 atom stereocenters. The lowest BCUT2D eigenvalue weighted by Gasteiger charge is -2.33. The summed E-state index contributed by atoms with van der Waals surface area (Å²) in [7, 11) is 0. The van der Waals surface area contributed by atoms with Crippen LogP contribution in [0.4, 0.5) is 30.7 Å². The summed E-state index contributed by atoms with van der Waals surface area (Å²) in [5.74, 6) is -18.5. The van der Waals surface area contributed by atoms with Crippen LogP contribution in [0.5, 0.6) is 0 Å². The third kappa shape index (κ3) is 3.38. The Bertz CT molecular complexity index is 363. The molecule has 0 heterocycles. The number of carbonyl (C=O) groups is 1. The molecule has 0 aromatic rings. The summed E-state index contributed by atoms with van der Waals surface area (Å²) in [5.41, 5.74) is -0.385. The maximum atomic E-state index is 13.0. The van der Waals surface area contributed by atoms with Gasteiger partial charge in [-0.3, -0.25) is 0 Å². The van der Waals surface area contributed by atoms with Crippen LogP contribution in [0.3, 0.4) is 0 Å². The van der Waals surface area contributed by atoms with E-state index in [1.165, 1.54) is 0 Å². The van der Waals surface area contributed by atoms with Crippen LogP contribution in [0.2, 0.25) is 0 Å². The van der Waals surface area contributed by atoms with E-state index in [4.69, 9.17) is 0 Å². The molecule has 0 aromatic carbocycles. The van der Waals surface area contributed by atoms with Crippen molar-refractivity contribution in [1.29, 1.82) is 0 Å². The van der Waals surface area contributed by atoms with Crippen molar-refractivity contribution in [1.82, 2.24) is 0 Å². The lowest BCUT2D eigenvalue weighted by molar-refractivity contribution is -0.330. The Hall–Kier alpha value is -1.28. The fourth-order valence-corrected chi connectivity index (χ4v) is 0.864. The quantitative estimate of drug-likeness (QED) is 0.427. The van der Waals surface area contributed by atoms with E-state index in [0.717, 1.165) is 6.92 Å². The number of halogens is 7. The summed E-state index contributed by atoms with van der Waals surface area (Å²) in [6.07, 6.45) is -3.51. The van der Waals surface area contributed by atoms with Crippen LogP contribution >= 0.6 is 0 Å². The first kappa shape index (κ1) is 17.7. The molecule has 0 saturated heterocycles. The molecule has 0 amide bonds. The van der Waals surface area contributed by atoms with Crippen molar-refractivity contribution in [3.8, 4) is 0 Å². The molecule has 9 heteroatoms. The van der Waals surface area contributed by atoms with Crippen molar-refractivity contribution in [3.05, 3.63) is 12.2 Å². The molecule has 0 N–H and O–H groups in total. The molecule has 0 spiro atoms. The normalized spacial score (nSPS) is 15.0. The van der Waals surface area contributed by atoms with E-state index in [1.54, 1.807) is 0 Å². The Kier molecular flexibility index (Phi) is 5.01. The van der Waals surface area contributed by atoms with Crippen LogP contribution in [0.1, 0.15) is 13.8 Å². The lowest BCUT2D eigenvalue weighted by atomic mass is 10.0. The zero-order valence-electron chi connectivity index (χ0n) is 9.95. The third-order valence-electron chi connectivity index (χ3n) is 2.11. The van der Waals surface area contributed by atoms with E-state index in [9.17, 15) is 35.5 Å². The van der Waals surface area contributed by atoms with Crippen molar-refractivity contribution in [2.24, 2.45) is 0 Å². The van der Waals surface area contributed by atoms with E-state index >= 15 is 0 Å². The highest BCUT2D eigenvalue weighted by Crippen LogP contribution is 2.48. The van der Waals surface area contributed by atoms with Gasteiger partial charge >= 0.3 is 23.7 Å². The number of ether oxygens (including phenoxy) is 1. The molecule has 0 rings (SSSR count). The molecule has 0 aromatic heterocycles. The fourth-order valence-electron chi connectivity index (χ4n) is 0.864. The maximum Gasteiger partial charge on any atom is 0.378 e. The monoisotopic (exact) mass is 296 g/mol. The van der Waals surface area contributed by atoms with Gasteiger partial charge in [-0.15, -0.1) is 0 Å². The maximum absolute atomic E-state index is 13.0. The average molecular weight is 296 g/mol. The van der Waals surface area contributed by atoms with Crippen LogP contribution < -0.4 is 0 Å². The molecular formula is C10H11F7O2. The molecule has 0 fully saturated rings. The largest absolute Gasteiger partial charge is 0.456 e. The molecule has 19 heavy (non-hydrogen) atoms. The van der Waals surface area contributed by atoms with E-state index < -0.39 is 36.5 Å². The Morgan fingerprint density at radius 1 is 1.21 bits per heavy atom. The fraction of sp³-hybridized carbons (Fsp3) is 0.700. The summed E-state index contributed by atoms with van der Waals surface area (Å²) < 4.78 is 93.3. The molecule has 0 radical (unpaired) electrons. The van der Waals surface area contributed by atoms with Gasteiger partial charge in [-0.1, -0.05) is 6.58 Å². The molecule has 2 nitrogen and oxygen atoms in total. The summed E-state index contributed by atoms with van der Waals surface area (Å²) in [4.78, 5) is 10.7. The van der Waals surface area contributed by atoms with Gasteiger partial charge in [0.2, 0.25) is 0 Å². The highest BCUT2D eigenvalue weighted by Gasteiger charge is 2.74. The minimum absolute atomic E-state index is 0.0177. The van der Waals surface area contributed by atoms with Crippen LogP contribution in [0, 0.1) is 0 Å². The number of esters is 1. The van der Waals surface area contributed by atoms with Crippen LogP contribution in [0.15, 0.2) is 12.2 Å². The van der Waals surface area contributed by atoms with Crippen molar-refractivity contribution >= 4 is 5.97 Å². The number of carbonyl (C=O) groups excluding carboxylic acids is 1. The second-order valence-corrected chi connectivity index (χ2v) is 3.87. The smallest absolute Gasteiger partial charge is 0.378 e. The van der Waals surface area contributed by atoms with Crippen LogP contribution in [-0.2, 0) is 9.53 Å². The highest BCUT2D eigenvalue weighted by molar-refractivity contribution is 5.86. The molecular weight excluding hydrogens is 285 g/mol. The summed E-state index contributed by atoms with van der Waals surface area (Å²) in [5, 5.41) is 0. The van der Waals surface area contributed by atoms with Crippen LogP contribution in [0.25, 0.3) is 0 Å². The molecule has 0 aliphatic carbocycles. The summed E-state index contributed by atoms with van der Waals surface area (Å²) in [6, 6.07) is 0. The van der Waals surface area contributed by atoms with Crippen LogP contribution in [-0.4, -0.2) is 36.5 Å². The van der Waals surface area contributed by atoms with E-state index in [0.29, 0.717) is 0 Å². The van der Waals surface area contributed by atoms with Gasteiger partial charge in [-0.05, 0) is 13.8 Å². The minimum atomic E-state index is -6.01. The van der Waals surface area contributed by atoms with Gasteiger partial charge < -0.3 is 4.74 Å². The number of alkyl halides is 7. The number of hydrogen-bond donors (Lipinski definition) is 0. The predicted octanol–water partition coefficient (Wildman–Crippen LogP) is 3.37. The van der Waals surface area contributed by atoms with Gasteiger partial charge in [-0.25, -0.2) is 9.18 Å². The van der Waals surface area contributed by atoms with Crippen molar-refractivity contribution in [3.63, 3.8) is 0 Å². The first-order chi connectivity index (χ1) is 8.27. The Morgan fingerprint density at radius 3 is 1.95 bits per heavy atom. The van der Waals surface area contributed by atoms with Gasteiger partial charge in [0.1, 0.15) is 0 Å². The van der Waals surface area contributed by atoms with Gasteiger partial charge in [-0.2, -0.15) is 26.3 Å². The topological polar surface area (TPSA) is 26.3 Å². The zero-order valence-corrected chi connectivity index (χ0v) is 9.95. The Balaban J connectivity index is 5.08. The summed E-state index contributed by atoms with van der Waals surface area (Å²) >= 11 is 0. The van der Waals surface area contributed by atoms with Crippen molar-refractivity contribution in [2.45, 2.75) is 37.8 Å². The van der Waals surface area contributed by atoms with Crippen molar-refractivity contribution < 1.29 is 40.3 Å². The summed E-state index contributed by atoms with van der Waals surface area (Å²) in [6.45, 7) is 1.72. The Labute approximate surface area is 104 Å². The number of hydrogen-bond acceptors (Lipinski definition) is 2. The first-order valence-corrected chi connectivity index (χ1v) is 4.87. The van der Waals surface area contributed by atoms with E-state index in [1.807, 2.05) is 0 Å². The van der Waals surface area contributed by atoms with Gasteiger partial charge in [0, 0.05) is 5.57 Å². The Morgan fingerprint density at radius 2 is 1.63 bits per heavy atom. The third-order valence-corrected chi connectivity index (χ3v) is 2.11. The van der Waals surface area contributed by atoms with Gasteiger partial charge in [0.25, 0.3) is 0 Å². The molecule has 0 bridgehead atoms. The molecule has 0 aliphatic heterocycles. The molecule has 1 unspecified atom stereocenters. The van der Waals surface area contributed by atoms with Crippen molar-refractivity contribution in [2.75, 3.05) is 6.61 Å². The predicted molar refractivity (Wildman–Crippen MR) is 51.2 cm³/mol. The molecule has 0 saturated carbocycles. The standard InChI is InChI=1S/C10H11F7O2/c1-5(2)7(18)19-4-8(12,13)10(16,17)9(14,15)6(3)11/h6H,1,4H2,2-3H3. The molecule has 0 aliphatic rings. The second-order valence-electron chi connectivity index (χ2n) is 3.87.